The fourth-order valence-electron chi connectivity index (χ4n) is 4.28. The zero-order chi connectivity index (χ0) is 22.4. The van der Waals surface area contributed by atoms with Crippen molar-refractivity contribution in [3.05, 3.63) is 61.7 Å². The van der Waals surface area contributed by atoms with Crippen LogP contribution in [0.5, 0.6) is 0 Å². The van der Waals surface area contributed by atoms with Crippen LogP contribution < -0.4 is 10.9 Å². The van der Waals surface area contributed by atoms with E-state index in [4.69, 9.17) is 4.74 Å². The lowest BCUT2D eigenvalue weighted by Gasteiger charge is -2.33. The summed E-state index contributed by atoms with van der Waals surface area (Å²) in [5.41, 5.74) is 1.37. The number of carbonyl (C=O) groups excluding carboxylic acids is 1. The summed E-state index contributed by atoms with van der Waals surface area (Å²) in [4.78, 5) is 41.9. The number of pyridine rings is 1. The number of aromatic nitrogens is 1. The summed E-state index contributed by atoms with van der Waals surface area (Å²) < 4.78 is 5.45. The van der Waals surface area contributed by atoms with E-state index in [1.165, 1.54) is 0 Å². The van der Waals surface area contributed by atoms with Crippen LogP contribution in [0, 0.1) is 5.92 Å². The first-order valence-electron chi connectivity index (χ1n) is 11.4. The van der Waals surface area contributed by atoms with E-state index in [2.05, 4.69) is 4.98 Å². The molecule has 31 heavy (non-hydrogen) atoms. The summed E-state index contributed by atoms with van der Waals surface area (Å²) in [7, 11) is 0. The molecule has 0 aliphatic carbocycles. The van der Waals surface area contributed by atoms with E-state index in [0.29, 0.717) is 24.3 Å². The third-order valence-electron chi connectivity index (χ3n) is 6.05. The number of amides is 1. The average Bonchev–Trinajstić information content (AvgIpc) is 2.74. The standard InChI is InChI=1S/C25H34N2O4/c1-25(2,3)31-24(30)27-15-11-18(12-16-27)7-5-4-6-8-20-21(23(29)22(20)28)17-19-9-13-26-14-10-19/h9-10,13-14,18H,4-8,11-12,15-17H2,1-3H3. The summed E-state index contributed by atoms with van der Waals surface area (Å²) in [5.74, 6) is 0.645. The Bertz CT molecular complexity index is 931. The maximum atomic E-state index is 12.2. The molecule has 168 valence electrons. The molecule has 0 saturated carbocycles. The molecule has 1 amide bonds. The number of hydrogen-bond acceptors (Lipinski definition) is 5. The number of rotatable bonds is 8. The van der Waals surface area contributed by atoms with Gasteiger partial charge in [0.25, 0.3) is 0 Å². The number of ether oxygens (including phenoxy) is 1. The van der Waals surface area contributed by atoms with Crippen LogP contribution in [0.4, 0.5) is 4.79 Å². The molecule has 2 heterocycles. The molecule has 1 aromatic carbocycles. The maximum Gasteiger partial charge on any atom is 0.410 e. The molecule has 1 aliphatic heterocycles. The highest BCUT2D eigenvalue weighted by Gasteiger charge is 2.26. The molecule has 0 N–H and O–H groups in total. The molecule has 0 unspecified atom stereocenters. The van der Waals surface area contributed by atoms with Crippen molar-refractivity contribution in [1.29, 1.82) is 0 Å². The third kappa shape index (κ3) is 6.49. The number of likely N-dealkylation sites (tertiary alicyclic amines) is 1. The SMILES string of the molecule is CC(C)(C)OC(=O)N1CCC(CCCCCc2c(Cc3ccncc3)c(=O)c2=O)CC1. The van der Waals surface area contributed by atoms with Crippen LogP contribution in [-0.2, 0) is 17.6 Å². The molecule has 1 aromatic heterocycles. The van der Waals surface area contributed by atoms with Gasteiger partial charge in [-0.2, -0.15) is 0 Å². The van der Waals surface area contributed by atoms with Gasteiger partial charge in [-0.05, 0) is 70.1 Å². The van der Waals surface area contributed by atoms with Gasteiger partial charge in [0.2, 0.25) is 10.9 Å². The Morgan fingerprint density at radius 3 is 2.32 bits per heavy atom. The van der Waals surface area contributed by atoms with Crippen molar-refractivity contribution >= 4 is 6.09 Å². The first-order chi connectivity index (χ1) is 14.7. The molecule has 3 rings (SSSR count). The molecule has 1 aliphatic rings. The van der Waals surface area contributed by atoms with Crippen molar-refractivity contribution in [3.63, 3.8) is 0 Å². The van der Waals surface area contributed by atoms with E-state index in [-0.39, 0.29) is 17.0 Å². The van der Waals surface area contributed by atoms with E-state index in [1.54, 1.807) is 12.4 Å². The Labute approximate surface area is 184 Å². The molecule has 6 nitrogen and oxygen atoms in total. The predicted octanol–water partition coefficient (Wildman–Crippen LogP) is 4.02. The fourth-order valence-corrected chi connectivity index (χ4v) is 4.28. The number of piperidine rings is 1. The topological polar surface area (TPSA) is 76.6 Å². The molecule has 0 atom stereocenters. The molecule has 0 spiro atoms. The van der Waals surface area contributed by atoms with Gasteiger partial charge in [0, 0.05) is 43.0 Å². The van der Waals surface area contributed by atoms with Gasteiger partial charge in [-0.15, -0.1) is 0 Å². The molecule has 0 radical (unpaired) electrons. The van der Waals surface area contributed by atoms with Crippen LogP contribution in [0.3, 0.4) is 0 Å². The molecule has 6 heteroatoms. The van der Waals surface area contributed by atoms with Gasteiger partial charge in [-0.3, -0.25) is 14.6 Å². The van der Waals surface area contributed by atoms with E-state index in [1.807, 2.05) is 37.8 Å². The summed E-state index contributed by atoms with van der Waals surface area (Å²) >= 11 is 0. The van der Waals surface area contributed by atoms with Crippen LogP contribution in [0.2, 0.25) is 0 Å². The lowest BCUT2D eigenvalue weighted by Crippen LogP contribution is -2.41. The predicted molar refractivity (Wildman–Crippen MR) is 121 cm³/mol. The number of unbranched alkanes of at least 4 members (excludes halogenated alkanes) is 2. The zero-order valence-electron chi connectivity index (χ0n) is 19.0. The summed E-state index contributed by atoms with van der Waals surface area (Å²) in [6, 6.07) is 3.77. The minimum absolute atomic E-state index is 0.207. The molecular formula is C25H34N2O4. The van der Waals surface area contributed by atoms with Gasteiger partial charge in [0.1, 0.15) is 5.60 Å². The zero-order valence-corrected chi connectivity index (χ0v) is 19.0. The Morgan fingerprint density at radius 2 is 1.68 bits per heavy atom. The fraction of sp³-hybridized carbons (Fsp3) is 0.600. The highest BCUT2D eigenvalue weighted by molar-refractivity contribution is 5.68. The smallest absolute Gasteiger partial charge is 0.410 e. The van der Waals surface area contributed by atoms with Crippen LogP contribution >= 0.6 is 0 Å². The van der Waals surface area contributed by atoms with E-state index < -0.39 is 5.60 Å². The lowest BCUT2D eigenvalue weighted by molar-refractivity contribution is 0.0180. The van der Waals surface area contributed by atoms with Crippen molar-refractivity contribution in [2.45, 2.75) is 77.7 Å². The number of carbonyl (C=O) groups is 1. The van der Waals surface area contributed by atoms with E-state index in [9.17, 15) is 14.4 Å². The van der Waals surface area contributed by atoms with Crippen LogP contribution in [0.1, 0.15) is 76.0 Å². The Kier molecular flexibility index (Phi) is 7.63. The van der Waals surface area contributed by atoms with Crippen LogP contribution in [0.25, 0.3) is 0 Å². The van der Waals surface area contributed by atoms with E-state index >= 15 is 0 Å². The number of hydrogen-bond donors (Lipinski definition) is 0. The van der Waals surface area contributed by atoms with Gasteiger partial charge in [-0.1, -0.05) is 19.3 Å². The second-order valence-electron chi connectivity index (χ2n) is 9.66. The van der Waals surface area contributed by atoms with Crippen molar-refractivity contribution in [3.8, 4) is 0 Å². The quantitative estimate of drug-likeness (QED) is 0.471. The first kappa shape index (κ1) is 23.2. The largest absolute Gasteiger partial charge is 0.444 e. The van der Waals surface area contributed by atoms with Gasteiger partial charge >= 0.3 is 6.09 Å². The molecule has 2 aromatic rings. The van der Waals surface area contributed by atoms with Crippen molar-refractivity contribution in [2.24, 2.45) is 5.92 Å². The first-order valence-corrected chi connectivity index (χ1v) is 11.4. The molecular weight excluding hydrogens is 392 g/mol. The van der Waals surface area contributed by atoms with E-state index in [0.717, 1.165) is 62.7 Å². The summed E-state index contributed by atoms with van der Waals surface area (Å²) in [6.07, 6.45) is 10.7. The highest BCUT2D eigenvalue weighted by atomic mass is 16.6. The van der Waals surface area contributed by atoms with Crippen LogP contribution in [0.15, 0.2) is 34.1 Å². The normalized spacial score (nSPS) is 15.4. The number of nitrogens with zero attached hydrogens (tertiary/aromatic N) is 2. The Morgan fingerprint density at radius 1 is 1.03 bits per heavy atom. The minimum atomic E-state index is -0.450. The van der Waals surface area contributed by atoms with Gasteiger partial charge in [0.05, 0.1) is 0 Å². The lowest BCUT2D eigenvalue weighted by atomic mass is 9.89. The Hall–Kier alpha value is -2.50. The van der Waals surface area contributed by atoms with Crippen molar-refractivity contribution in [2.75, 3.05) is 13.1 Å². The van der Waals surface area contributed by atoms with Gasteiger partial charge in [0.15, 0.2) is 0 Å². The minimum Gasteiger partial charge on any atom is -0.444 e. The highest BCUT2D eigenvalue weighted by Crippen LogP contribution is 2.24. The van der Waals surface area contributed by atoms with Gasteiger partial charge < -0.3 is 9.64 Å². The maximum absolute atomic E-state index is 12.2. The van der Waals surface area contributed by atoms with Crippen molar-refractivity contribution in [1.82, 2.24) is 9.88 Å². The summed E-state index contributed by atoms with van der Waals surface area (Å²) in [5, 5.41) is 0. The average molecular weight is 427 g/mol. The molecule has 1 saturated heterocycles. The molecule has 1 fully saturated rings. The van der Waals surface area contributed by atoms with Crippen molar-refractivity contribution < 1.29 is 9.53 Å². The third-order valence-corrected chi connectivity index (χ3v) is 6.05. The van der Waals surface area contributed by atoms with Gasteiger partial charge in [-0.25, -0.2) is 4.79 Å². The summed E-state index contributed by atoms with van der Waals surface area (Å²) in [6.45, 7) is 7.21. The molecule has 0 bridgehead atoms. The second kappa shape index (κ2) is 10.2. The monoisotopic (exact) mass is 426 g/mol. The second-order valence-corrected chi connectivity index (χ2v) is 9.66. The Balaban J connectivity index is 1.35. The van der Waals surface area contributed by atoms with Crippen LogP contribution in [-0.4, -0.2) is 34.7 Å².